The van der Waals surface area contributed by atoms with Crippen LogP contribution in [0.5, 0.6) is 0 Å². The Hall–Kier alpha value is -0.820. The predicted molar refractivity (Wildman–Crippen MR) is 79.4 cm³/mol. The van der Waals surface area contributed by atoms with Gasteiger partial charge in [0.15, 0.2) is 0 Å². The molecule has 1 fully saturated rings. The Kier molecular flexibility index (Phi) is 4.59. The van der Waals surface area contributed by atoms with Crippen molar-refractivity contribution in [3.63, 3.8) is 0 Å². The van der Waals surface area contributed by atoms with Crippen molar-refractivity contribution >= 4 is 27.3 Å². The van der Waals surface area contributed by atoms with E-state index < -0.39 is 10.0 Å². The van der Waals surface area contributed by atoms with Crippen LogP contribution in [0.4, 0.5) is 5.69 Å². The lowest BCUT2D eigenvalue weighted by Crippen LogP contribution is -2.40. The second-order valence-electron chi connectivity index (χ2n) is 5.05. The SMILES string of the molecule is COC1CCCC1NS(=O)(=O)c1cc(N)c(C)c(Cl)c1. The highest BCUT2D eigenvalue weighted by atomic mass is 35.5. The van der Waals surface area contributed by atoms with Crippen molar-refractivity contribution in [3.8, 4) is 0 Å². The van der Waals surface area contributed by atoms with Gasteiger partial charge in [-0.1, -0.05) is 11.6 Å². The Morgan fingerprint density at radius 1 is 1.40 bits per heavy atom. The summed E-state index contributed by atoms with van der Waals surface area (Å²) in [5.41, 5.74) is 6.83. The zero-order valence-electron chi connectivity index (χ0n) is 11.5. The Bertz CT molecular complexity index is 581. The minimum atomic E-state index is -3.64. The number of rotatable bonds is 4. The van der Waals surface area contributed by atoms with E-state index in [-0.39, 0.29) is 17.0 Å². The maximum atomic E-state index is 12.4. The minimum Gasteiger partial charge on any atom is -0.398 e. The summed E-state index contributed by atoms with van der Waals surface area (Å²) in [6.45, 7) is 1.75. The molecule has 0 amide bonds. The van der Waals surface area contributed by atoms with E-state index in [1.54, 1.807) is 14.0 Å². The van der Waals surface area contributed by atoms with Gasteiger partial charge in [-0.05, 0) is 43.9 Å². The molecule has 1 aliphatic rings. The van der Waals surface area contributed by atoms with Crippen molar-refractivity contribution in [1.82, 2.24) is 4.72 Å². The summed E-state index contributed by atoms with van der Waals surface area (Å²) in [5, 5.41) is 0.347. The maximum absolute atomic E-state index is 12.4. The molecule has 1 aromatic carbocycles. The van der Waals surface area contributed by atoms with Crippen molar-refractivity contribution in [2.24, 2.45) is 0 Å². The molecule has 2 rings (SSSR count). The van der Waals surface area contributed by atoms with Gasteiger partial charge in [0.25, 0.3) is 0 Å². The van der Waals surface area contributed by atoms with Crippen LogP contribution in [0, 0.1) is 6.92 Å². The van der Waals surface area contributed by atoms with Crippen molar-refractivity contribution in [2.45, 2.75) is 43.2 Å². The highest BCUT2D eigenvalue weighted by Gasteiger charge is 2.31. The fraction of sp³-hybridized carbons (Fsp3) is 0.538. The molecule has 2 atom stereocenters. The van der Waals surface area contributed by atoms with Gasteiger partial charge in [0, 0.05) is 23.9 Å². The monoisotopic (exact) mass is 318 g/mol. The van der Waals surface area contributed by atoms with Gasteiger partial charge in [-0.3, -0.25) is 0 Å². The summed E-state index contributed by atoms with van der Waals surface area (Å²) >= 11 is 6.00. The molecule has 0 spiro atoms. The van der Waals surface area contributed by atoms with Crippen LogP contribution in [-0.4, -0.2) is 27.7 Å². The van der Waals surface area contributed by atoms with Crippen LogP contribution < -0.4 is 10.5 Å². The molecule has 2 unspecified atom stereocenters. The molecule has 0 heterocycles. The summed E-state index contributed by atoms with van der Waals surface area (Å²) in [5.74, 6) is 0. The van der Waals surface area contributed by atoms with Crippen molar-refractivity contribution < 1.29 is 13.2 Å². The Labute approximate surface area is 124 Å². The molecule has 3 N–H and O–H groups in total. The van der Waals surface area contributed by atoms with Crippen LogP contribution in [0.15, 0.2) is 17.0 Å². The second kappa shape index (κ2) is 5.89. The zero-order chi connectivity index (χ0) is 14.9. The van der Waals surface area contributed by atoms with Crippen LogP contribution >= 0.6 is 11.6 Å². The molecule has 20 heavy (non-hydrogen) atoms. The number of ether oxygens (including phenoxy) is 1. The molecule has 1 aromatic rings. The molecule has 0 aromatic heterocycles. The first-order valence-electron chi connectivity index (χ1n) is 6.46. The first kappa shape index (κ1) is 15.6. The second-order valence-corrected chi connectivity index (χ2v) is 7.17. The van der Waals surface area contributed by atoms with Crippen molar-refractivity contribution in [1.29, 1.82) is 0 Å². The Morgan fingerprint density at radius 2 is 2.10 bits per heavy atom. The van der Waals surface area contributed by atoms with Gasteiger partial charge in [-0.2, -0.15) is 0 Å². The molecule has 7 heteroatoms. The molecule has 0 aliphatic heterocycles. The van der Waals surface area contributed by atoms with E-state index in [1.807, 2.05) is 0 Å². The zero-order valence-corrected chi connectivity index (χ0v) is 13.1. The lowest BCUT2D eigenvalue weighted by Gasteiger charge is -2.20. The normalized spacial score (nSPS) is 23.1. The lowest BCUT2D eigenvalue weighted by atomic mass is 10.2. The third-order valence-corrected chi connectivity index (χ3v) is 5.59. The number of sulfonamides is 1. The number of halogens is 1. The summed E-state index contributed by atoms with van der Waals surface area (Å²) < 4.78 is 32.7. The van der Waals surface area contributed by atoms with Gasteiger partial charge in [0.1, 0.15) is 0 Å². The Balaban J connectivity index is 2.27. The average molecular weight is 319 g/mol. The number of methoxy groups -OCH3 is 1. The molecular weight excluding hydrogens is 300 g/mol. The molecule has 0 radical (unpaired) electrons. The number of nitrogens with two attached hydrogens (primary N) is 1. The minimum absolute atomic E-state index is 0.0805. The van der Waals surface area contributed by atoms with Crippen LogP contribution in [-0.2, 0) is 14.8 Å². The molecule has 0 bridgehead atoms. The maximum Gasteiger partial charge on any atom is 0.241 e. The standard InChI is InChI=1S/C13H19ClN2O3S/c1-8-10(14)6-9(7-11(8)15)20(17,18)16-12-4-3-5-13(12)19-2/h6-7,12-13,16H,3-5,15H2,1-2H3. The van der Waals surface area contributed by atoms with E-state index in [4.69, 9.17) is 22.1 Å². The molecule has 1 saturated carbocycles. The van der Waals surface area contributed by atoms with Crippen LogP contribution in [0.1, 0.15) is 24.8 Å². The van der Waals surface area contributed by atoms with Crippen LogP contribution in [0.2, 0.25) is 5.02 Å². The van der Waals surface area contributed by atoms with Crippen LogP contribution in [0.25, 0.3) is 0 Å². The third kappa shape index (κ3) is 3.09. The topological polar surface area (TPSA) is 81.4 Å². The van der Waals surface area contributed by atoms with Gasteiger partial charge < -0.3 is 10.5 Å². The fourth-order valence-corrected chi connectivity index (χ4v) is 4.09. The highest BCUT2D eigenvalue weighted by molar-refractivity contribution is 7.89. The largest absolute Gasteiger partial charge is 0.398 e. The van der Waals surface area contributed by atoms with Gasteiger partial charge in [0.05, 0.1) is 11.0 Å². The lowest BCUT2D eigenvalue weighted by molar-refractivity contribution is 0.0916. The van der Waals surface area contributed by atoms with Crippen molar-refractivity contribution in [3.05, 3.63) is 22.7 Å². The van der Waals surface area contributed by atoms with E-state index in [0.29, 0.717) is 16.3 Å². The quantitative estimate of drug-likeness (QED) is 0.833. The van der Waals surface area contributed by atoms with E-state index in [0.717, 1.165) is 19.3 Å². The van der Waals surface area contributed by atoms with Gasteiger partial charge in [0.2, 0.25) is 10.0 Å². The number of nitrogen functional groups attached to an aromatic ring is 1. The van der Waals surface area contributed by atoms with E-state index in [2.05, 4.69) is 4.72 Å². The number of benzene rings is 1. The summed E-state index contributed by atoms with van der Waals surface area (Å²) in [6.07, 6.45) is 2.50. The molecule has 1 aliphatic carbocycles. The number of anilines is 1. The third-order valence-electron chi connectivity index (χ3n) is 3.73. The Morgan fingerprint density at radius 3 is 2.70 bits per heavy atom. The van der Waals surface area contributed by atoms with Gasteiger partial charge >= 0.3 is 0 Å². The molecular formula is C13H19ClN2O3S. The highest BCUT2D eigenvalue weighted by Crippen LogP contribution is 2.28. The van der Waals surface area contributed by atoms with Crippen molar-refractivity contribution in [2.75, 3.05) is 12.8 Å². The number of hydrogen-bond acceptors (Lipinski definition) is 4. The van der Waals surface area contributed by atoms with E-state index in [9.17, 15) is 8.42 Å². The van der Waals surface area contributed by atoms with Crippen LogP contribution in [0.3, 0.4) is 0 Å². The molecule has 0 saturated heterocycles. The summed E-state index contributed by atoms with van der Waals surface area (Å²) in [7, 11) is -2.05. The van der Waals surface area contributed by atoms with Gasteiger partial charge in [-0.15, -0.1) is 0 Å². The molecule has 5 nitrogen and oxygen atoms in total. The fourth-order valence-electron chi connectivity index (χ4n) is 2.44. The summed E-state index contributed by atoms with van der Waals surface area (Å²) in [6, 6.07) is 2.65. The van der Waals surface area contributed by atoms with Gasteiger partial charge in [-0.25, -0.2) is 13.1 Å². The average Bonchev–Trinajstić information content (AvgIpc) is 2.81. The first-order chi connectivity index (χ1) is 9.35. The first-order valence-corrected chi connectivity index (χ1v) is 8.32. The predicted octanol–water partition coefficient (Wildman–Crippen LogP) is 2.08. The van der Waals surface area contributed by atoms with E-state index in [1.165, 1.54) is 12.1 Å². The molecule has 112 valence electrons. The number of hydrogen-bond donors (Lipinski definition) is 2. The number of nitrogens with one attached hydrogen (secondary N) is 1. The summed E-state index contributed by atoms with van der Waals surface area (Å²) in [4.78, 5) is 0.0901. The van der Waals surface area contributed by atoms with E-state index >= 15 is 0 Å². The smallest absolute Gasteiger partial charge is 0.241 e.